The zero-order valence-electron chi connectivity index (χ0n) is 40.3. The first-order valence-electron chi connectivity index (χ1n) is 25.0. The van der Waals surface area contributed by atoms with Gasteiger partial charge in [0.2, 0.25) is 0 Å². The molecule has 6 nitrogen and oxygen atoms in total. The number of hydrogen-bond donors (Lipinski definition) is 0. The summed E-state index contributed by atoms with van der Waals surface area (Å²) in [5, 5.41) is 0. The van der Waals surface area contributed by atoms with E-state index in [0.29, 0.717) is 19.3 Å². The molecule has 0 aromatic heterocycles. The van der Waals surface area contributed by atoms with Gasteiger partial charge in [0.15, 0.2) is 6.10 Å². The Hall–Kier alpha value is -4.19. The van der Waals surface area contributed by atoms with E-state index in [4.69, 9.17) is 14.2 Å². The van der Waals surface area contributed by atoms with Gasteiger partial charge in [0.1, 0.15) is 13.2 Å². The Balaban J connectivity index is 4.38. The van der Waals surface area contributed by atoms with Gasteiger partial charge in [-0.25, -0.2) is 0 Å². The molecule has 0 aliphatic heterocycles. The number of carbonyl (C=O) groups is 3. The number of carbonyl (C=O) groups excluding carboxylic acids is 3. The molecule has 0 fully saturated rings. The summed E-state index contributed by atoms with van der Waals surface area (Å²) in [5.41, 5.74) is 0. The molecular weight excluding hydrogens is 781 g/mol. The largest absolute Gasteiger partial charge is 0.462 e. The minimum Gasteiger partial charge on any atom is -0.462 e. The minimum atomic E-state index is -0.810. The summed E-state index contributed by atoms with van der Waals surface area (Å²) in [6.07, 6.45) is 69.1. The minimum absolute atomic E-state index is 0.106. The summed E-state index contributed by atoms with van der Waals surface area (Å²) in [6, 6.07) is 0. The fraction of sp³-hybridized carbons (Fsp3) is 0.596. The molecule has 1 atom stereocenters. The molecule has 0 aromatic rings. The van der Waals surface area contributed by atoms with Crippen molar-refractivity contribution < 1.29 is 28.6 Å². The van der Waals surface area contributed by atoms with Crippen LogP contribution in [0.4, 0.5) is 0 Å². The van der Waals surface area contributed by atoms with Crippen LogP contribution < -0.4 is 0 Å². The zero-order chi connectivity index (χ0) is 45.8. The van der Waals surface area contributed by atoms with E-state index in [1.54, 1.807) is 0 Å². The summed E-state index contributed by atoms with van der Waals surface area (Å²) < 4.78 is 16.6. The standard InChI is InChI=1S/C57H90O6/c1-4-7-10-13-16-18-20-22-24-25-26-27-28-29-30-31-33-34-36-38-41-44-47-50-56(59)62-53-54(52-61-55(58)49-46-43-40-15-12-9-6-3)63-57(60)51-48-45-42-39-37-35-32-23-21-19-17-14-11-8-5-2/h7-8,10-11,16-19,22-24,26-27,29-30,32-34,37,39,54H,4-6,9,12-15,20-21,25,28,31,35-36,38,40-53H2,1-3H3/b10-7-,11-8-,18-16-,19-17-,24-22-,27-26-,30-29-,32-23-,34-33-,39-37-. The van der Waals surface area contributed by atoms with Crippen LogP contribution in [0.3, 0.4) is 0 Å². The Bertz CT molecular complexity index is 1370. The lowest BCUT2D eigenvalue weighted by Crippen LogP contribution is -2.30. The Morgan fingerprint density at radius 1 is 0.333 bits per heavy atom. The quantitative estimate of drug-likeness (QED) is 0.0263. The van der Waals surface area contributed by atoms with Gasteiger partial charge in [-0.3, -0.25) is 14.4 Å². The van der Waals surface area contributed by atoms with E-state index in [1.807, 2.05) is 0 Å². The van der Waals surface area contributed by atoms with Gasteiger partial charge < -0.3 is 14.2 Å². The summed E-state index contributed by atoms with van der Waals surface area (Å²) in [4.78, 5) is 37.8. The zero-order valence-corrected chi connectivity index (χ0v) is 40.3. The molecule has 0 spiro atoms. The van der Waals surface area contributed by atoms with E-state index in [1.165, 1.54) is 25.7 Å². The van der Waals surface area contributed by atoms with Crippen molar-refractivity contribution in [3.63, 3.8) is 0 Å². The van der Waals surface area contributed by atoms with Crippen LogP contribution in [0, 0.1) is 0 Å². The molecule has 0 bridgehead atoms. The van der Waals surface area contributed by atoms with Gasteiger partial charge in [0, 0.05) is 19.3 Å². The predicted octanol–water partition coefficient (Wildman–Crippen LogP) is 16.5. The molecule has 0 aliphatic carbocycles. The van der Waals surface area contributed by atoms with E-state index in [0.717, 1.165) is 128 Å². The molecule has 354 valence electrons. The van der Waals surface area contributed by atoms with E-state index in [9.17, 15) is 14.4 Å². The number of ether oxygens (including phenoxy) is 3. The second-order valence-corrected chi connectivity index (χ2v) is 16.0. The van der Waals surface area contributed by atoms with Crippen LogP contribution in [-0.4, -0.2) is 37.2 Å². The lowest BCUT2D eigenvalue weighted by Gasteiger charge is -2.18. The maximum absolute atomic E-state index is 12.7. The van der Waals surface area contributed by atoms with Gasteiger partial charge in [0.25, 0.3) is 0 Å². The van der Waals surface area contributed by atoms with E-state index < -0.39 is 6.10 Å². The van der Waals surface area contributed by atoms with E-state index in [2.05, 4.69) is 142 Å². The summed E-state index contributed by atoms with van der Waals surface area (Å²) in [5.74, 6) is -0.991. The smallest absolute Gasteiger partial charge is 0.306 e. The molecule has 6 heteroatoms. The van der Waals surface area contributed by atoms with Crippen molar-refractivity contribution in [1.29, 1.82) is 0 Å². The Morgan fingerprint density at radius 3 is 1.00 bits per heavy atom. The summed E-state index contributed by atoms with van der Waals surface area (Å²) in [6.45, 7) is 6.28. The highest BCUT2D eigenvalue weighted by molar-refractivity contribution is 5.71. The van der Waals surface area contributed by atoms with Gasteiger partial charge >= 0.3 is 17.9 Å². The predicted molar refractivity (Wildman–Crippen MR) is 269 cm³/mol. The molecule has 0 radical (unpaired) electrons. The second-order valence-electron chi connectivity index (χ2n) is 16.0. The third kappa shape index (κ3) is 48.7. The van der Waals surface area contributed by atoms with Crippen LogP contribution in [0.15, 0.2) is 122 Å². The first kappa shape index (κ1) is 58.8. The fourth-order valence-electron chi connectivity index (χ4n) is 6.26. The first-order chi connectivity index (χ1) is 31.0. The van der Waals surface area contributed by atoms with Crippen molar-refractivity contribution in [3.8, 4) is 0 Å². The van der Waals surface area contributed by atoms with E-state index in [-0.39, 0.29) is 37.5 Å². The highest BCUT2D eigenvalue weighted by Crippen LogP contribution is 2.12. The molecule has 0 amide bonds. The highest BCUT2D eigenvalue weighted by Gasteiger charge is 2.19. The summed E-state index contributed by atoms with van der Waals surface area (Å²) >= 11 is 0. The number of allylic oxidation sites excluding steroid dienone is 20. The second kappa shape index (κ2) is 50.5. The van der Waals surface area contributed by atoms with Gasteiger partial charge in [-0.2, -0.15) is 0 Å². The van der Waals surface area contributed by atoms with Gasteiger partial charge in [-0.1, -0.05) is 194 Å². The Labute approximate surface area is 386 Å². The van der Waals surface area contributed by atoms with Gasteiger partial charge in [-0.05, 0) is 109 Å². The van der Waals surface area contributed by atoms with Crippen LogP contribution in [0.1, 0.15) is 201 Å². The van der Waals surface area contributed by atoms with Crippen LogP contribution in [0.5, 0.6) is 0 Å². The number of hydrogen-bond acceptors (Lipinski definition) is 6. The molecule has 0 heterocycles. The fourth-order valence-corrected chi connectivity index (χ4v) is 6.26. The van der Waals surface area contributed by atoms with Crippen molar-refractivity contribution in [3.05, 3.63) is 122 Å². The highest BCUT2D eigenvalue weighted by atomic mass is 16.6. The van der Waals surface area contributed by atoms with Crippen LogP contribution in [0.2, 0.25) is 0 Å². The van der Waals surface area contributed by atoms with Crippen molar-refractivity contribution in [2.75, 3.05) is 13.2 Å². The molecular formula is C57H90O6. The molecule has 0 N–H and O–H groups in total. The molecule has 0 saturated heterocycles. The van der Waals surface area contributed by atoms with Crippen LogP contribution in [-0.2, 0) is 28.6 Å². The molecule has 0 aromatic carbocycles. The van der Waals surface area contributed by atoms with Crippen LogP contribution >= 0.6 is 0 Å². The van der Waals surface area contributed by atoms with Crippen molar-refractivity contribution in [2.45, 2.75) is 207 Å². The third-order valence-corrected chi connectivity index (χ3v) is 9.96. The average molecular weight is 871 g/mol. The normalized spacial score (nSPS) is 13.1. The maximum atomic E-state index is 12.7. The SMILES string of the molecule is CC/C=C\C/C=C\C/C=C\C/C=C\C/C=C\C/C=C\CCCCCCC(=O)OCC(COC(=O)CCCCCCCCC)OC(=O)CCCC/C=C\C/C=C\C/C=C\C/C=C\CC. The molecule has 0 rings (SSSR count). The maximum Gasteiger partial charge on any atom is 0.306 e. The number of unbranched alkanes of at least 4 members (excludes halogenated alkanes) is 12. The van der Waals surface area contributed by atoms with Gasteiger partial charge in [0.05, 0.1) is 0 Å². The van der Waals surface area contributed by atoms with E-state index >= 15 is 0 Å². The average Bonchev–Trinajstić information content (AvgIpc) is 3.28. The number of esters is 3. The lowest BCUT2D eigenvalue weighted by atomic mass is 10.1. The molecule has 0 aliphatic rings. The van der Waals surface area contributed by atoms with Crippen molar-refractivity contribution >= 4 is 17.9 Å². The summed E-state index contributed by atoms with van der Waals surface area (Å²) in [7, 11) is 0. The number of rotatable bonds is 43. The monoisotopic (exact) mass is 871 g/mol. The topological polar surface area (TPSA) is 78.9 Å². The van der Waals surface area contributed by atoms with Crippen molar-refractivity contribution in [2.24, 2.45) is 0 Å². The lowest BCUT2D eigenvalue weighted by molar-refractivity contribution is -0.167. The van der Waals surface area contributed by atoms with Gasteiger partial charge in [-0.15, -0.1) is 0 Å². The Kier molecular flexibility index (Phi) is 47.1. The first-order valence-corrected chi connectivity index (χ1v) is 25.0. The van der Waals surface area contributed by atoms with Crippen LogP contribution in [0.25, 0.3) is 0 Å². The molecule has 1 unspecified atom stereocenters. The molecule has 63 heavy (non-hydrogen) atoms. The molecule has 0 saturated carbocycles. The van der Waals surface area contributed by atoms with Crippen molar-refractivity contribution in [1.82, 2.24) is 0 Å². The third-order valence-electron chi connectivity index (χ3n) is 9.96. The Morgan fingerprint density at radius 2 is 0.619 bits per heavy atom.